The zero-order valence-corrected chi connectivity index (χ0v) is 14.4. The van der Waals surface area contributed by atoms with Gasteiger partial charge in [0.1, 0.15) is 0 Å². The van der Waals surface area contributed by atoms with Crippen LogP contribution in [0.3, 0.4) is 0 Å². The number of aryl methyl sites for hydroxylation is 1. The van der Waals surface area contributed by atoms with Crippen LogP contribution in [0.25, 0.3) is 38.6 Å². The molecule has 5 rings (SSSR count). The van der Waals surface area contributed by atoms with Gasteiger partial charge in [-0.3, -0.25) is 0 Å². The summed E-state index contributed by atoms with van der Waals surface area (Å²) >= 11 is 0. The largest absolute Gasteiger partial charge is 0.313 e. The highest BCUT2D eigenvalue weighted by Gasteiger charge is 2.18. The quantitative estimate of drug-likeness (QED) is 0.365. The molecule has 122 valence electrons. The molecule has 0 fully saturated rings. The SMILES string of the molecule is C#Cc1c2c3ccccc3nc(-c3ccc(C)cc3)c2n2ccccc12. The van der Waals surface area contributed by atoms with Crippen LogP contribution in [0.4, 0.5) is 0 Å². The number of fused-ring (bicyclic) bond motifs is 5. The van der Waals surface area contributed by atoms with E-state index in [2.05, 4.69) is 65.9 Å². The Balaban J connectivity index is 2.08. The summed E-state index contributed by atoms with van der Waals surface area (Å²) in [5.74, 6) is 2.92. The van der Waals surface area contributed by atoms with Crippen molar-refractivity contribution >= 4 is 27.3 Å². The lowest BCUT2D eigenvalue weighted by molar-refractivity contribution is 1.24. The van der Waals surface area contributed by atoms with Crippen molar-refractivity contribution in [3.8, 4) is 23.6 Å². The second-order valence-corrected chi connectivity index (χ2v) is 6.54. The van der Waals surface area contributed by atoms with Gasteiger partial charge in [0.05, 0.1) is 27.8 Å². The normalized spacial score (nSPS) is 11.2. The lowest BCUT2D eigenvalue weighted by Gasteiger charge is -2.09. The molecule has 0 spiro atoms. The van der Waals surface area contributed by atoms with Gasteiger partial charge in [-0.15, -0.1) is 6.42 Å². The van der Waals surface area contributed by atoms with E-state index in [1.807, 2.05) is 24.3 Å². The summed E-state index contributed by atoms with van der Waals surface area (Å²) in [6, 6.07) is 22.8. The van der Waals surface area contributed by atoms with Crippen LogP contribution in [0.2, 0.25) is 0 Å². The van der Waals surface area contributed by atoms with Crippen molar-refractivity contribution in [1.29, 1.82) is 0 Å². The third kappa shape index (κ3) is 1.98. The highest BCUT2D eigenvalue weighted by Crippen LogP contribution is 2.37. The zero-order chi connectivity index (χ0) is 17.7. The highest BCUT2D eigenvalue weighted by molar-refractivity contribution is 6.15. The fourth-order valence-electron chi connectivity index (χ4n) is 3.72. The fourth-order valence-corrected chi connectivity index (χ4v) is 3.72. The first kappa shape index (κ1) is 14.7. The topological polar surface area (TPSA) is 17.3 Å². The number of pyridine rings is 2. The van der Waals surface area contributed by atoms with E-state index in [1.54, 1.807) is 0 Å². The molecule has 0 aliphatic carbocycles. The zero-order valence-electron chi connectivity index (χ0n) is 14.4. The third-order valence-corrected chi connectivity index (χ3v) is 4.94. The van der Waals surface area contributed by atoms with Gasteiger partial charge in [-0.1, -0.05) is 60.0 Å². The number of hydrogen-bond acceptors (Lipinski definition) is 1. The van der Waals surface area contributed by atoms with Crippen LogP contribution in [0.15, 0.2) is 72.9 Å². The predicted octanol–water partition coefficient (Wildman–Crippen LogP) is 5.60. The van der Waals surface area contributed by atoms with Crippen molar-refractivity contribution in [2.75, 3.05) is 0 Å². The maximum absolute atomic E-state index is 5.94. The Hall–Kier alpha value is -3.57. The molecule has 0 radical (unpaired) electrons. The number of hydrogen-bond donors (Lipinski definition) is 0. The van der Waals surface area contributed by atoms with Crippen molar-refractivity contribution in [2.24, 2.45) is 0 Å². The molecule has 0 aliphatic rings. The Bertz CT molecular complexity index is 1330. The van der Waals surface area contributed by atoms with Crippen molar-refractivity contribution in [1.82, 2.24) is 9.38 Å². The number of benzene rings is 2. The van der Waals surface area contributed by atoms with Gasteiger partial charge in [0, 0.05) is 22.5 Å². The first-order valence-electron chi connectivity index (χ1n) is 8.63. The molecular formula is C24H16N2. The van der Waals surface area contributed by atoms with E-state index >= 15 is 0 Å². The Morgan fingerprint density at radius 1 is 0.923 bits per heavy atom. The summed E-state index contributed by atoms with van der Waals surface area (Å²) in [6.07, 6.45) is 8.00. The van der Waals surface area contributed by atoms with Gasteiger partial charge in [-0.2, -0.15) is 0 Å². The first-order valence-corrected chi connectivity index (χ1v) is 8.63. The monoisotopic (exact) mass is 332 g/mol. The second kappa shape index (κ2) is 5.47. The summed E-state index contributed by atoms with van der Waals surface area (Å²) in [4.78, 5) is 5.01. The lowest BCUT2D eigenvalue weighted by Crippen LogP contribution is -1.92. The molecule has 2 nitrogen and oxygen atoms in total. The fraction of sp³-hybridized carbons (Fsp3) is 0.0417. The Kier molecular flexibility index (Phi) is 3.10. The first-order chi connectivity index (χ1) is 12.8. The molecule has 0 aliphatic heterocycles. The van der Waals surface area contributed by atoms with Crippen molar-refractivity contribution in [3.63, 3.8) is 0 Å². The second-order valence-electron chi connectivity index (χ2n) is 6.54. The van der Waals surface area contributed by atoms with Gasteiger partial charge in [0.2, 0.25) is 0 Å². The molecule has 0 bridgehead atoms. The van der Waals surface area contributed by atoms with Crippen LogP contribution in [0.5, 0.6) is 0 Å². The maximum atomic E-state index is 5.94. The minimum absolute atomic E-state index is 0.924. The molecule has 5 aromatic rings. The van der Waals surface area contributed by atoms with E-state index in [1.165, 1.54) is 5.56 Å². The molecule has 0 saturated carbocycles. The van der Waals surface area contributed by atoms with Crippen molar-refractivity contribution in [2.45, 2.75) is 6.92 Å². The Morgan fingerprint density at radius 3 is 2.50 bits per heavy atom. The minimum Gasteiger partial charge on any atom is -0.313 e. The van der Waals surface area contributed by atoms with Gasteiger partial charge in [0.25, 0.3) is 0 Å². The number of para-hydroxylation sites is 1. The minimum atomic E-state index is 0.924. The number of terminal acetylenes is 1. The molecule has 0 N–H and O–H groups in total. The van der Waals surface area contributed by atoms with Crippen LogP contribution in [0.1, 0.15) is 11.1 Å². The van der Waals surface area contributed by atoms with Gasteiger partial charge in [-0.05, 0) is 25.1 Å². The number of nitrogens with zero attached hydrogens (tertiary/aromatic N) is 2. The van der Waals surface area contributed by atoms with Gasteiger partial charge in [0.15, 0.2) is 0 Å². The van der Waals surface area contributed by atoms with Crippen molar-refractivity contribution < 1.29 is 0 Å². The number of aromatic nitrogens is 2. The predicted molar refractivity (Wildman–Crippen MR) is 108 cm³/mol. The average Bonchev–Trinajstić information content (AvgIpc) is 3.03. The van der Waals surface area contributed by atoms with Gasteiger partial charge >= 0.3 is 0 Å². The molecule has 2 aromatic carbocycles. The molecule has 2 heteroatoms. The van der Waals surface area contributed by atoms with Crippen LogP contribution in [-0.2, 0) is 0 Å². The molecule has 0 amide bonds. The standard InChI is InChI=1S/C24H16N2/c1-3-18-21-10-6-7-15-26(21)24-22(18)19-8-4-5-9-20(19)25-23(24)17-13-11-16(2)12-14-17/h1,4-15H,2H3. The van der Waals surface area contributed by atoms with Crippen LogP contribution < -0.4 is 0 Å². The van der Waals surface area contributed by atoms with E-state index in [9.17, 15) is 0 Å². The van der Waals surface area contributed by atoms with E-state index in [0.717, 1.165) is 44.1 Å². The Labute approximate surface area is 151 Å². The highest BCUT2D eigenvalue weighted by atomic mass is 14.9. The summed E-state index contributed by atoms with van der Waals surface area (Å²) in [7, 11) is 0. The molecule has 3 aromatic heterocycles. The van der Waals surface area contributed by atoms with Crippen molar-refractivity contribution in [3.05, 3.63) is 84.1 Å². The molecule has 26 heavy (non-hydrogen) atoms. The van der Waals surface area contributed by atoms with Crippen LogP contribution >= 0.6 is 0 Å². The van der Waals surface area contributed by atoms with E-state index in [0.29, 0.717) is 0 Å². The van der Waals surface area contributed by atoms with E-state index in [-0.39, 0.29) is 0 Å². The van der Waals surface area contributed by atoms with E-state index < -0.39 is 0 Å². The summed E-state index contributed by atoms with van der Waals surface area (Å²) in [5, 5.41) is 2.19. The average molecular weight is 332 g/mol. The maximum Gasteiger partial charge on any atom is 0.0956 e. The molecule has 0 unspecified atom stereocenters. The van der Waals surface area contributed by atoms with Crippen LogP contribution in [0, 0.1) is 19.3 Å². The molecule has 3 heterocycles. The summed E-state index contributed by atoms with van der Waals surface area (Å²) in [6.45, 7) is 2.09. The summed E-state index contributed by atoms with van der Waals surface area (Å²) in [5.41, 5.74) is 7.28. The van der Waals surface area contributed by atoms with Gasteiger partial charge in [-0.25, -0.2) is 4.98 Å². The summed E-state index contributed by atoms with van der Waals surface area (Å²) < 4.78 is 2.17. The lowest BCUT2D eigenvalue weighted by atomic mass is 10.0. The number of rotatable bonds is 1. The molecule has 0 atom stereocenters. The smallest absolute Gasteiger partial charge is 0.0956 e. The molecule has 0 saturated heterocycles. The van der Waals surface area contributed by atoms with Gasteiger partial charge < -0.3 is 4.40 Å². The Morgan fingerprint density at radius 2 is 1.69 bits per heavy atom. The van der Waals surface area contributed by atoms with E-state index in [4.69, 9.17) is 11.4 Å². The third-order valence-electron chi connectivity index (χ3n) is 4.94. The molecular weight excluding hydrogens is 316 g/mol. The van der Waals surface area contributed by atoms with Crippen LogP contribution in [-0.4, -0.2) is 9.38 Å².